The first kappa shape index (κ1) is 19.0. The Morgan fingerprint density at radius 1 is 1.24 bits per heavy atom. The van der Waals surface area contributed by atoms with Crippen LogP contribution in [0.1, 0.15) is 23.2 Å². The minimum absolute atomic E-state index is 0.0417. The van der Waals surface area contributed by atoms with Crippen molar-refractivity contribution in [2.24, 2.45) is 0 Å². The van der Waals surface area contributed by atoms with Crippen molar-refractivity contribution in [3.05, 3.63) is 47.5 Å². The van der Waals surface area contributed by atoms with Crippen molar-refractivity contribution in [1.82, 2.24) is 9.97 Å². The number of ether oxygens (including phenoxy) is 1. The average molecular weight is 442 g/mol. The first-order valence-electron chi connectivity index (χ1n) is 9.42. The van der Waals surface area contributed by atoms with Crippen molar-refractivity contribution in [3.8, 4) is 0 Å². The van der Waals surface area contributed by atoms with Gasteiger partial charge < -0.3 is 4.74 Å². The molecule has 0 spiro atoms. The SMILES string of the molecule is CSc1ccc2nc(N(CC3CCCO3)C(=O)c3ccc4ncsc4c3)sc2c1. The molecule has 1 unspecified atom stereocenters. The summed E-state index contributed by atoms with van der Waals surface area (Å²) in [6, 6.07) is 11.9. The number of carbonyl (C=O) groups is 1. The predicted molar refractivity (Wildman–Crippen MR) is 122 cm³/mol. The number of aromatic nitrogens is 2. The number of thiazole rings is 2. The number of amides is 1. The van der Waals surface area contributed by atoms with Gasteiger partial charge in [-0.05, 0) is 55.5 Å². The number of benzene rings is 2. The monoisotopic (exact) mass is 441 g/mol. The van der Waals surface area contributed by atoms with Gasteiger partial charge in [0.2, 0.25) is 0 Å². The van der Waals surface area contributed by atoms with E-state index in [0.717, 1.165) is 45.0 Å². The molecule has 3 heterocycles. The number of fused-ring (bicyclic) bond motifs is 2. The van der Waals surface area contributed by atoms with E-state index in [4.69, 9.17) is 9.72 Å². The maximum Gasteiger partial charge on any atom is 0.260 e. The zero-order chi connectivity index (χ0) is 19.8. The Bertz CT molecular complexity index is 1180. The van der Waals surface area contributed by atoms with Gasteiger partial charge in [0.1, 0.15) is 0 Å². The van der Waals surface area contributed by atoms with Gasteiger partial charge in [0.05, 0.1) is 38.6 Å². The minimum Gasteiger partial charge on any atom is -0.376 e. The van der Waals surface area contributed by atoms with E-state index in [1.165, 1.54) is 4.90 Å². The molecule has 5 nitrogen and oxygen atoms in total. The quantitative estimate of drug-likeness (QED) is 0.385. The zero-order valence-corrected chi connectivity index (χ0v) is 18.3. The van der Waals surface area contributed by atoms with Gasteiger partial charge in [0.25, 0.3) is 5.91 Å². The maximum absolute atomic E-state index is 13.5. The summed E-state index contributed by atoms with van der Waals surface area (Å²) in [5.41, 5.74) is 4.30. The highest BCUT2D eigenvalue weighted by molar-refractivity contribution is 7.98. The first-order chi connectivity index (χ1) is 14.2. The fourth-order valence-corrected chi connectivity index (χ4v) is 5.76. The highest BCUT2D eigenvalue weighted by atomic mass is 32.2. The third-order valence-corrected chi connectivity index (χ3v) is 7.61. The Morgan fingerprint density at radius 3 is 2.97 bits per heavy atom. The highest BCUT2D eigenvalue weighted by Crippen LogP contribution is 2.33. The average Bonchev–Trinajstić information content (AvgIpc) is 3.50. The predicted octanol–water partition coefficient (Wildman–Crippen LogP) is 5.45. The van der Waals surface area contributed by atoms with Gasteiger partial charge in [-0.25, -0.2) is 9.97 Å². The number of carbonyl (C=O) groups excluding carboxylic acids is 1. The van der Waals surface area contributed by atoms with E-state index >= 15 is 0 Å². The Hall–Kier alpha value is -2.00. The van der Waals surface area contributed by atoms with Gasteiger partial charge in [-0.3, -0.25) is 9.69 Å². The molecule has 1 aliphatic rings. The van der Waals surface area contributed by atoms with Crippen LogP contribution < -0.4 is 4.90 Å². The second kappa shape index (κ2) is 8.02. The van der Waals surface area contributed by atoms with Gasteiger partial charge in [0, 0.05) is 17.1 Å². The van der Waals surface area contributed by atoms with E-state index in [-0.39, 0.29) is 12.0 Å². The summed E-state index contributed by atoms with van der Waals surface area (Å²) in [4.78, 5) is 25.6. The molecule has 2 aromatic heterocycles. The van der Waals surface area contributed by atoms with E-state index < -0.39 is 0 Å². The van der Waals surface area contributed by atoms with Crippen molar-refractivity contribution >= 4 is 65.9 Å². The molecule has 5 rings (SSSR count). The Balaban J connectivity index is 1.53. The topological polar surface area (TPSA) is 55.3 Å². The second-order valence-corrected chi connectivity index (χ2v) is 9.69. The van der Waals surface area contributed by atoms with E-state index in [1.54, 1.807) is 44.8 Å². The van der Waals surface area contributed by atoms with Crippen LogP contribution in [0.25, 0.3) is 20.4 Å². The molecule has 0 saturated carbocycles. The summed E-state index contributed by atoms with van der Waals surface area (Å²) in [5, 5.41) is 0.725. The number of anilines is 1. The van der Waals surface area contributed by atoms with Gasteiger partial charge >= 0.3 is 0 Å². The summed E-state index contributed by atoms with van der Waals surface area (Å²) in [6.07, 6.45) is 4.13. The van der Waals surface area contributed by atoms with Crippen molar-refractivity contribution in [2.75, 3.05) is 24.3 Å². The van der Waals surface area contributed by atoms with E-state index in [2.05, 4.69) is 23.4 Å². The Kier molecular flexibility index (Phi) is 5.26. The fourth-order valence-electron chi connectivity index (χ4n) is 3.52. The number of nitrogens with zero attached hydrogens (tertiary/aromatic N) is 3. The molecular formula is C21H19N3O2S3. The van der Waals surface area contributed by atoms with Crippen molar-refractivity contribution in [1.29, 1.82) is 0 Å². The molecule has 1 fully saturated rings. The van der Waals surface area contributed by atoms with Crippen LogP contribution in [0.2, 0.25) is 0 Å². The summed E-state index contributed by atoms with van der Waals surface area (Å²) in [5.74, 6) is -0.0417. The highest BCUT2D eigenvalue weighted by Gasteiger charge is 2.27. The van der Waals surface area contributed by atoms with Gasteiger partial charge in [-0.15, -0.1) is 23.1 Å². The smallest absolute Gasteiger partial charge is 0.260 e. The molecule has 0 bridgehead atoms. The summed E-state index contributed by atoms with van der Waals surface area (Å²) < 4.78 is 7.94. The van der Waals surface area contributed by atoms with Crippen LogP contribution in [-0.4, -0.2) is 41.4 Å². The van der Waals surface area contributed by atoms with Crippen molar-refractivity contribution in [2.45, 2.75) is 23.8 Å². The number of rotatable bonds is 5. The summed E-state index contributed by atoms with van der Waals surface area (Å²) >= 11 is 4.81. The third-order valence-electron chi connectivity index (χ3n) is 5.05. The van der Waals surface area contributed by atoms with E-state index in [0.29, 0.717) is 12.1 Å². The molecule has 148 valence electrons. The first-order valence-corrected chi connectivity index (χ1v) is 12.3. The molecule has 0 aliphatic carbocycles. The largest absolute Gasteiger partial charge is 0.376 e. The lowest BCUT2D eigenvalue weighted by Gasteiger charge is -2.23. The van der Waals surface area contributed by atoms with Crippen LogP contribution >= 0.6 is 34.4 Å². The van der Waals surface area contributed by atoms with E-state index in [1.807, 2.05) is 24.3 Å². The minimum atomic E-state index is -0.0417. The number of thioether (sulfide) groups is 1. The lowest BCUT2D eigenvalue weighted by atomic mass is 10.1. The standard InChI is InChI=1S/C21H19N3O2S3/c1-27-15-5-7-17-19(10-15)29-21(23-17)24(11-14-3-2-8-26-14)20(25)13-4-6-16-18(9-13)28-12-22-16/h4-7,9-10,12,14H,2-3,8,11H2,1H3. The zero-order valence-electron chi connectivity index (χ0n) is 15.8. The molecule has 1 aliphatic heterocycles. The molecule has 4 aromatic rings. The fraction of sp³-hybridized carbons (Fsp3) is 0.286. The lowest BCUT2D eigenvalue weighted by molar-refractivity contribution is 0.0917. The second-order valence-electron chi connectivity index (χ2n) is 6.92. The molecule has 0 N–H and O–H groups in total. The molecule has 0 radical (unpaired) electrons. The molecule has 2 aromatic carbocycles. The third kappa shape index (κ3) is 3.77. The summed E-state index contributed by atoms with van der Waals surface area (Å²) in [6.45, 7) is 1.28. The molecule has 1 saturated heterocycles. The van der Waals surface area contributed by atoms with Gasteiger partial charge in [-0.1, -0.05) is 11.3 Å². The van der Waals surface area contributed by atoms with Crippen molar-refractivity contribution in [3.63, 3.8) is 0 Å². The molecule has 1 amide bonds. The van der Waals surface area contributed by atoms with Crippen LogP contribution in [0, 0.1) is 0 Å². The Morgan fingerprint density at radius 2 is 2.14 bits per heavy atom. The van der Waals surface area contributed by atoms with Crippen LogP contribution in [0.4, 0.5) is 5.13 Å². The number of hydrogen-bond donors (Lipinski definition) is 0. The number of hydrogen-bond acceptors (Lipinski definition) is 7. The Labute approximate surface area is 180 Å². The van der Waals surface area contributed by atoms with Crippen LogP contribution in [0.15, 0.2) is 46.8 Å². The van der Waals surface area contributed by atoms with Crippen molar-refractivity contribution < 1.29 is 9.53 Å². The van der Waals surface area contributed by atoms with Gasteiger partial charge in [-0.2, -0.15) is 0 Å². The normalized spacial score (nSPS) is 16.7. The van der Waals surface area contributed by atoms with E-state index in [9.17, 15) is 4.79 Å². The maximum atomic E-state index is 13.5. The molecule has 8 heteroatoms. The summed E-state index contributed by atoms with van der Waals surface area (Å²) in [7, 11) is 0. The van der Waals surface area contributed by atoms with Gasteiger partial charge in [0.15, 0.2) is 5.13 Å². The molecule has 1 atom stereocenters. The van der Waals surface area contributed by atoms with Crippen LogP contribution in [-0.2, 0) is 4.74 Å². The lowest BCUT2D eigenvalue weighted by Crippen LogP contribution is -2.37. The van der Waals surface area contributed by atoms with Crippen LogP contribution in [0.3, 0.4) is 0 Å². The molecular weight excluding hydrogens is 422 g/mol. The van der Waals surface area contributed by atoms with Crippen LogP contribution in [0.5, 0.6) is 0 Å². The molecule has 29 heavy (non-hydrogen) atoms.